The number of hydrogen-bond acceptors (Lipinski definition) is 2. The molecule has 0 aliphatic carbocycles. The minimum Gasteiger partial charge on any atom is -0.260 e. The third-order valence-electron chi connectivity index (χ3n) is 1.91. The summed E-state index contributed by atoms with van der Waals surface area (Å²) in [7, 11) is 0. The lowest BCUT2D eigenvalue weighted by Gasteiger charge is -2.04. The first kappa shape index (κ1) is 11.1. The molecular weight excluding hydrogens is 190 g/mol. The van der Waals surface area contributed by atoms with E-state index < -0.39 is 0 Å². The molecule has 0 aliphatic heterocycles. The molecule has 74 valence electrons. The van der Waals surface area contributed by atoms with E-state index in [9.17, 15) is 0 Å². The third-order valence-corrected chi connectivity index (χ3v) is 2.68. The van der Waals surface area contributed by atoms with Crippen molar-refractivity contribution in [2.75, 3.05) is 0 Å². The number of rotatable bonds is 4. The summed E-state index contributed by atoms with van der Waals surface area (Å²) in [6, 6.07) is 6.37. The van der Waals surface area contributed by atoms with Gasteiger partial charge in [-0.05, 0) is 36.4 Å². The van der Waals surface area contributed by atoms with E-state index in [4.69, 9.17) is 0 Å². The van der Waals surface area contributed by atoms with E-state index in [-0.39, 0.29) is 0 Å². The fraction of sp³-hybridized carbons (Fsp3) is 0.250. The molecule has 0 heterocycles. The van der Waals surface area contributed by atoms with Crippen molar-refractivity contribution in [2.24, 2.45) is 4.99 Å². The lowest BCUT2D eigenvalue weighted by molar-refractivity contribution is 1.13. The molecule has 0 saturated carbocycles. The van der Waals surface area contributed by atoms with Gasteiger partial charge in [0, 0.05) is 11.1 Å². The summed E-state index contributed by atoms with van der Waals surface area (Å²) in [4.78, 5) is 5.50. The van der Waals surface area contributed by atoms with Gasteiger partial charge in [-0.15, -0.1) is 0 Å². The van der Waals surface area contributed by atoms with Gasteiger partial charge in [0.25, 0.3) is 0 Å². The molecule has 1 nitrogen and oxygen atoms in total. The van der Waals surface area contributed by atoms with E-state index in [0.717, 1.165) is 17.0 Å². The fourth-order valence-electron chi connectivity index (χ4n) is 1.21. The smallest absolute Gasteiger partial charge is 0.0767 e. The molecular formula is C12H15NS. The molecule has 0 aliphatic rings. The zero-order valence-electron chi connectivity index (χ0n) is 8.66. The molecule has 0 unspecified atom stereocenters. The highest BCUT2D eigenvalue weighted by Gasteiger charge is 2.00. The van der Waals surface area contributed by atoms with Gasteiger partial charge in [0.05, 0.1) is 5.69 Å². The number of thioether (sulfide) groups is 1. The molecule has 0 bridgehead atoms. The van der Waals surface area contributed by atoms with Crippen LogP contribution in [-0.2, 0) is 6.42 Å². The highest BCUT2D eigenvalue weighted by atomic mass is 32.2. The summed E-state index contributed by atoms with van der Waals surface area (Å²) in [6.45, 7) is 7.79. The van der Waals surface area contributed by atoms with Crippen molar-refractivity contribution in [3.05, 3.63) is 35.7 Å². The standard InChI is InChI=1S/C12H15NS/c1-4-10-7-8-12(14-6-3)11(9-10)13-5-2/h5-9H,3-4H2,1-2H3/b13-5+. The summed E-state index contributed by atoms with van der Waals surface area (Å²) in [5, 5.41) is 1.83. The van der Waals surface area contributed by atoms with Crippen LogP contribution < -0.4 is 0 Å². The molecule has 0 spiro atoms. The van der Waals surface area contributed by atoms with Crippen LogP contribution in [0.3, 0.4) is 0 Å². The van der Waals surface area contributed by atoms with Crippen molar-refractivity contribution in [1.82, 2.24) is 0 Å². The van der Waals surface area contributed by atoms with Crippen molar-refractivity contribution in [2.45, 2.75) is 25.2 Å². The quantitative estimate of drug-likeness (QED) is 0.530. The Labute approximate surface area is 89.9 Å². The monoisotopic (exact) mass is 205 g/mol. The van der Waals surface area contributed by atoms with Gasteiger partial charge in [-0.3, -0.25) is 4.99 Å². The predicted molar refractivity (Wildman–Crippen MR) is 65.7 cm³/mol. The summed E-state index contributed by atoms with van der Waals surface area (Å²) in [5.74, 6) is 0. The SMILES string of the molecule is C=CSc1ccc(CC)cc1/N=C/C. The van der Waals surface area contributed by atoms with E-state index in [1.165, 1.54) is 5.56 Å². The Morgan fingerprint density at radius 1 is 1.50 bits per heavy atom. The minimum atomic E-state index is 1.04. The second kappa shape index (κ2) is 5.66. The molecule has 0 saturated heterocycles. The summed E-state index contributed by atoms with van der Waals surface area (Å²) >= 11 is 1.61. The van der Waals surface area contributed by atoms with Crippen LogP contribution in [0.2, 0.25) is 0 Å². The van der Waals surface area contributed by atoms with Crippen molar-refractivity contribution in [3.8, 4) is 0 Å². The van der Waals surface area contributed by atoms with Gasteiger partial charge >= 0.3 is 0 Å². The zero-order chi connectivity index (χ0) is 10.4. The summed E-state index contributed by atoms with van der Waals surface area (Å²) in [5.41, 5.74) is 2.36. The van der Waals surface area contributed by atoms with E-state index in [2.05, 4.69) is 36.7 Å². The molecule has 1 rings (SSSR count). The topological polar surface area (TPSA) is 12.4 Å². The van der Waals surface area contributed by atoms with Crippen LogP contribution in [-0.4, -0.2) is 6.21 Å². The summed E-state index contributed by atoms with van der Waals surface area (Å²) in [6.07, 6.45) is 2.87. The third kappa shape index (κ3) is 2.74. The number of benzene rings is 1. The van der Waals surface area contributed by atoms with E-state index in [1.54, 1.807) is 11.8 Å². The zero-order valence-corrected chi connectivity index (χ0v) is 9.47. The molecule has 0 radical (unpaired) electrons. The van der Waals surface area contributed by atoms with E-state index in [1.807, 2.05) is 18.5 Å². The first-order valence-corrected chi connectivity index (χ1v) is 5.59. The van der Waals surface area contributed by atoms with Crippen molar-refractivity contribution in [1.29, 1.82) is 0 Å². The Bertz CT molecular complexity index is 342. The van der Waals surface area contributed by atoms with Gasteiger partial charge < -0.3 is 0 Å². The van der Waals surface area contributed by atoms with Crippen molar-refractivity contribution >= 4 is 23.7 Å². The lowest BCUT2D eigenvalue weighted by atomic mass is 10.1. The molecule has 1 aromatic carbocycles. The molecule has 14 heavy (non-hydrogen) atoms. The van der Waals surface area contributed by atoms with Crippen LogP contribution in [0, 0.1) is 0 Å². The van der Waals surface area contributed by atoms with E-state index >= 15 is 0 Å². The van der Waals surface area contributed by atoms with Crippen LogP contribution in [0.15, 0.2) is 40.1 Å². The molecule has 0 amide bonds. The maximum Gasteiger partial charge on any atom is 0.0767 e. The first-order chi connectivity index (χ1) is 6.81. The van der Waals surface area contributed by atoms with Crippen LogP contribution in [0.4, 0.5) is 5.69 Å². The first-order valence-electron chi connectivity index (χ1n) is 4.71. The van der Waals surface area contributed by atoms with Crippen LogP contribution >= 0.6 is 11.8 Å². The molecule has 0 N–H and O–H groups in total. The highest BCUT2D eigenvalue weighted by Crippen LogP contribution is 2.30. The predicted octanol–water partition coefficient (Wildman–Crippen LogP) is 4.21. The molecule has 1 aromatic rings. The average Bonchev–Trinajstić information content (AvgIpc) is 2.21. The van der Waals surface area contributed by atoms with Gasteiger partial charge in [-0.1, -0.05) is 31.3 Å². The Morgan fingerprint density at radius 2 is 2.29 bits per heavy atom. The Morgan fingerprint density at radius 3 is 2.86 bits per heavy atom. The number of aryl methyl sites for hydroxylation is 1. The maximum absolute atomic E-state index is 4.34. The van der Waals surface area contributed by atoms with Gasteiger partial charge in [-0.2, -0.15) is 0 Å². The Kier molecular flexibility index (Phi) is 4.47. The number of nitrogens with zero attached hydrogens (tertiary/aromatic N) is 1. The van der Waals surface area contributed by atoms with Gasteiger partial charge in [0.1, 0.15) is 0 Å². The molecule has 0 fully saturated rings. The minimum absolute atomic E-state index is 1.04. The molecule has 2 heteroatoms. The van der Waals surface area contributed by atoms with Crippen LogP contribution in [0.1, 0.15) is 19.4 Å². The normalized spacial score (nSPS) is 10.7. The van der Waals surface area contributed by atoms with Crippen molar-refractivity contribution < 1.29 is 0 Å². The summed E-state index contributed by atoms with van der Waals surface area (Å²) < 4.78 is 0. The average molecular weight is 205 g/mol. The molecule has 0 aromatic heterocycles. The van der Waals surface area contributed by atoms with Crippen LogP contribution in [0.25, 0.3) is 0 Å². The highest BCUT2D eigenvalue weighted by molar-refractivity contribution is 8.02. The second-order valence-corrected chi connectivity index (χ2v) is 3.84. The largest absolute Gasteiger partial charge is 0.260 e. The number of hydrogen-bond donors (Lipinski definition) is 0. The number of aliphatic imine (C=N–C) groups is 1. The Balaban J connectivity index is 3.09. The van der Waals surface area contributed by atoms with Gasteiger partial charge in [0.15, 0.2) is 0 Å². The molecule has 0 atom stereocenters. The Hall–Kier alpha value is -1.02. The maximum atomic E-state index is 4.34. The van der Waals surface area contributed by atoms with Gasteiger partial charge in [-0.25, -0.2) is 0 Å². The second-order valence-electron chi connectivity index (χ2n) is 2.83. The van der Waals surface area contributed by atoms with Crippen LogP contribution in [0.5, 0.6) is 0 Å². The lowest BCUT2D eigenvalue weighted by Crippen LogP contribution is -1.80. The van der Waals surface area contributed by atoms with Gasteiger partial charge in [0.2, 0.25) is 0 Å². The van der Waals surface area contributed by atoms with E-state index in [0.29, 0.717) is 0 Å². The fourth-order valence-corrected chi connectivity index (χ4v) is 1.77. The van der Waals surface area contributed by atoms with Crippen molar-refractivity contribution in [3.63, 3.8) is 0 Å².